The van der Waals surface area contributed by atoms with Gasteiger partial charge in [0, 0.05) is 42.4 Å². The fourth-order valence-corrected chi connectivity index (χ4v) is 4.76. The summed E-state index contributed by atoms with van der Waals surface area (Å²) in [5.41, 5.74) is 1.52. The number of hydrogen-bond acceptors (Lipinski definition) is 5. The number of hydrogen-bond donors (Lipinski definition) is 2. The van der Waals surface area contributed by atoms with Crippen molar-refractivity contribution in [2.75, 3.05) is 31.6 Å². The molecule has 0 spiro atoms. The number of amides is 1. The van der Waals surface area contributed by atoms with Crippen molar-refractivity contribution >= 4 is 21.6 Å². The first-order valence-electron chi connectivity index (χ1n) is 9.41. The summed E-state index contributed by atoms with van der Waals surface area (Å²) in [6.45, 7) is 1.03. The maximum absolute atomic E-state index is 12.9. The number of carbonyl (C=O) groups excluding carboxylic acids is 1. The molecule has 0 aliphatic carbocycles. The Hall–Kier alpha value is -3.14. The van der Waals surface area contributed by atoms with Gasteiger partial charge in [-0.3, -0.25) is 4.79 Å². The minimum Gasteiger partial charge on any atom is -0.507 e. The number of phenolic OH excluding ortho intramolecular Hbond substituents is 1. The average Bonchev–Trinajstić information content (AvgIpc) is 3.31. The highest BCUT2D eigenvalue weighted by Gasteiger charge is 2.29. The van der Waals surface area contributed by atoms with Crippen molar-refractivity contribution in [1.82, 2.24) is 8.87 Å². The van der Waals surface area contributed by atoms with Gasteiger partial charge in [0.25, 0.3) is 5.91 Å². The van der Waals surface area contributed by atoms with Crippen LogP contribution in [0, 0.1) is 0 Å². The minimum atomic E-state index is -3.90. The molecule has 0 bridgehead atoms. The first-order valence-corrected chi connectivity index (χ1v) is 10.8. The number of rotatable bonds is 5. The van der Waals surface area contributed by atoms with E-state index in [-0.39, 0.29) is 35.3 Å². The van der Waals surface area contributed by atoms with Crippen molar-refractivity contribution in [3.63, 3.8) is 0 Å². The number of phenols is 1. The van der Waals surface area contributed by atoms with Gasteiger partial charge in [-0.1, -0.05) is 6.07 Å². The standard InChI is InChI=1S/C21H21N3O5S/c25-19-7-6-17(15-20(19)30(27,28)24-10-12-29-13-11-24)22-21(26)16-4-3-5-18(14-16)23-8-1-2-9-23/h1-9,14-15,25H,10-13H2,(H,22,26). The Bertz CT molecular complexity index is 1150. The van der Waals surface area contributed by atoms with Gasteiger partial charge in [0.05, 0.1) is 13.2 Å². The molecule has 2 N–H and O–H groups in total. The Labute approximate surface area is 174 Å². The third kappa shape index (κ3) is 4.09. The number of sulfonamides is 1. The molecule has 0 radical (unpaired) electrons. The van der Waals surface area contributed by atoms with Crippen LogP contribution in [-0.2, 0) is 14.8 Å². The number of ether oxygens (including phenoxy) is 1. The van der Waals surface area contributed by atoms with Crippen molar-refractivity contribution < 1.29 is 23.1 Å². The lowest BCUT2D eigenvalue weighted by Crippen LogP contribution is -2.40. The van der Waals surface area contributed by atoms with Gasteiger partial charge in [-0.15, -0.1) is 0 Å². The van der Waals surface area contributed by atoms with E-state index in [2.05, 4.69) is 5.32 Å². The molecule has 0 atom stereocenters. The number of benzene rings is 2. The lowest BCUT2D eigenvalue weighted by Gasteiger charge is -2.26. The summed E-state index contributed by atoms with van der Waals surface area (Å²) in [7, 11) is -3.90. The Kier molecular flexibility index (Phi) is 5.58. The van der Waals surface area contributed by atoms with Gasteiger partial charge in [-0.25, -0.2) is 8.42 Å². The predicted octanol–water partition coefficient (Wildman–Crippen LogP) is 2.46. The summed E-state index contributed by atoms with van der Waals surface area (Å²) >= 11 is 0. The number of morpholine rings is 1. The van der Waals surface area contributed by atoms with E-state index in [4.69, 9.17) is 4.74 Å². The van der Waals surface area contributed by atoms with Crippen molar-refractivity contribution in [1.29, 1.82) is 0 Å². The largest absolute Gasteiger partial charge is 0.507 e. The van der Waals surface area contributed by atoms with E-state index >= 15 is 0 Å². The Morgan fingerprint density at radius 1 is 1.00 bits per heavy atom. The number of anilines is 1. The van der Waals surface area contributed by atoms with Crippen LogP contribution >= 0.6 is 0 Å². The fraction of sp³-hybridized carbons (Fsp3) is 0.190. The lowest BCUT2D eigenvalue weighted by molar-refractivity contribution is 0.0729. The maximum Gasteiger partial charge on any atom is 0.255 e. The summed E-state index contributed by atoms with van der Waals surface area (Å²) in [5.74, 6) is -0.751. The number of aromatic hydroxyl groups is 1. The Morgan fingerprint density at radius 2 is 1.73 bits per heavy atom. The van der Waals surface area contributed by atoms with Crippen LogP contribution in [0.25, 0.3) is 5.69 Å². The third-order valence-corrected chi connectivity index (χ3v) is 6.74. The van der Waals surface area contributed by atoms with Crippen molar-refractivity contribution in [2.24, 2.45) is 0 Å². The van der Waals surface area contributed by atoms with E-state index in [0.717, 1.165) is 5.69 Å². The average molecular weight is 427 g/mol. The number of nitrogens with one attached hydrogen (secondary N) is 1. The lowest BCUT2D eigenvalue weighted by atomic mass is 10.2. The molecule has 2 heterocycles. The van der Waals surface area contributed by atoms with Gasteiger partial charge >= 0.3 is 0 Å². The van der Waals surface area contributed by atoms with Crippen LogP contribution in [0.3, 0.4) is 0 Å². The van der Waals surface area contributed by atoms with Crippen LogP contribution in [0.2, 0.25) is 0 Å². The molecule has 9 heteroatoms. The zero-order valence-corrected chi connectivity index (χ0v) is 16.9. The van der Waals surface area contributed by atoms with Gasteiger partial charge in [0.2, 0.25) is 10.0 Å². The molecular weight excluding hydrogens is 406 g/mol. The van der Waals surface area contributed by atoms with Crippen LogP contribution < -0.4 is 5.32 Å². The first kappa shape index (κ1) is 20.1. The quantitative estimate of drug-likeness (QED) is 0.609. The zero-order chi connectivity index (χ0) is 21.1. The summed E-state index contributed by atoms with van der Waals surface area (Å²) < 4.78 is 34.1. The van der Waals surface area contributed by atoms with Crippen LogP contribution in [0.15, 0.2) is 71.9 Å². The molecule has 8 nitrogen and oxygen atoms in total. The highest BCUT2D eigenvalue weighted by atomic mass is 32.2. The van der Waals surface area contributed by atoms with E-state index in [1.807, 2.05) is 35.2 Å². The minimum absolute atomic E-state index is 0.213. The van der Waals surface area contributed by atoms with E-state index in [1.54, 1.807) is 18.2 Å². The number of nitrogens with zero attached hydrogens (tertiary/aromatic N) is 2. The molecule has 3 aromatic rings. The molecule has 0 unspecified atom stereocenters. The molecule has 1 fully saturated rings. The summed E-state index contributed by atoms with van der Waals surface area (Å²) in [5, 5.41) is 12.8. The van der Waals surface area contributed by atoms with E-state index in [9.17, 15) is 18.3 Å². The molecule has 1 aliphatic rings. The molecule has 1 aliphatic heterocycles. The maximum atomic E-state index is 12.9. The smallest absolute Gasteiger partial charge is 0.255 e. The molecule has 156 valence electrons. The fourth-order valence-electron chi connectivity index (χ4n) is 3.24. The molecule has 1 amide bonds. The molecule has 1 saturated heterocycles. The molecule has 30 heavy (non-hydrogen) atoms. The number of aromatic nitrogens is 1. The van der Waals surface area contributed by atoms with Crippen molar-refractivity contribution in [2.45, 2.75) is 4.90 Å². The summed E-state index contributed by atoms with van der Waals surface area (Å²) in [6.07, 6.45) is 3.75. The second-order valence-electron chi connectivity index (χ2n) is 6.79. The Morgan fingerprint density at radius 3 is 2.47 bits per heavy atom. The second-order valence-corrected chi connectivity index (χ2v) is 8.70. The van der Waals surface area contributed by atoms with Gasteiger partial charge in [0.15, 0.2) is 0 Å². The molecule has 1 aromatic heterocycles. The van der Waals surface area contributed by atoms with Crippen LogP contribution in [0.5, 0.6) is 5.75 Å². The van der Waals surface area contributed by atoms with E-state index < -0.39 is 10.0 Å². The second kappa shape index (κ2) is 8.31. The highest BCUT2D eigenvalue weighted by molar-refractivity contribution is 7.89. The van der Waals surface area contributed by atoms with Gasteiger partial charge in [-0.2, -0.15) is 4.31 Å². The zero-order valence-electron chi connectivity index (χ0n) is 16.1. The van der Waals surface area contributed by atoms with Crippen LogP contribution in [0.1, 0.15) is 10.4 Å². The monoisotopic (exact) mass is 427 g/mol. The normalized spacial score (nSPS) is 15.1. The van der Waals surface area contributed by atoms with E-state index in [1.165, 1.54) is 22.5 Å². The molecular formula is C21H21N3O5S. The topological polar surface area (TPSA) is 101 Å². The highest BCUT2D eigenvalue weighted by Crippen LogP contribution is 2.29. The van der Waals surface area contributed by atoms with Gasteiger partial charge in [-0.05, 0) is 48.5 Å². The summed E-state index contributed by atoms with van der Waals surface area (Å²) in [4.78, 5) is 12.5. The van der Waals surface area contributed by atoms with Crippen molar-refractivity contribution in [3.05, 3.63) is 72.6 Å². The van der Waals surface area contributed by atoms with Gasteiger partial charge < -0.3 is 19.7 Å². The molecule has 0 saturated carbocycles. The third-order valence-electron chi connectivity index (χ3n) is 4.82. The molecule has 4 rings (SSSR count). The summed E-state index contributed by atoms with van der Waals surface area (Å²) in [6, 6.07) is 14.8. The number of carbonyl (C=O) groups is 1. The van der Waals surface area contributed by atoms with Crippen LogP contribution in [0.4, 0.5) is 5.69 Å². The first-order chi connectivity index (χ1) is 14.4. The van der Waals surface area contributed by atoms with Crippen molar-refractivity contribution in [3.8, 4) is 11.4 Å². The SMILES string of the molecule is O=C(Nc1ccc(O)c(S(=O)(=O)N2CCOCC2)c1)c1cccc(-n2cccc2)c1. The molecule has 2 aromatic carbocycles. The van der Waals surface area contributed by atoms with E-state index in [0.29, 0.717) is 18.8 Å². The predicted molar refractivity (Wildman–Crippen MR) is 111 cm³/mol. The van der Waals surface area contributed by atoms with Gasteiger partial charge in [0.1, 0.15) is 10.6 Å². The Balaban J connectivity index is 1.58. The van der Waals surface area contributed by atoms with Crippen LogP contribution in [-0.4, -0.2) is 54.6 Å².